The molecule has 0 fully saturated rings. The number of oxazole rings is 1. The van der Waals surface area contributed by atoms with Crippen molar-refractivity contribution >= 4 is 32.6 Å². The number of benzene rings is 5. The van der Waals surface area contributed by atoms with Gasteiger partial charge in [0.25, 0.3) is 0 Å². The molecule has 0 saturated heterocycles. The molecule has 0 unspecified atom stereocenters. The molecule has 1 aromatic heterocycles. The van der Waals surface area contributed by atoms with Crippen LogP contribution in [0.3, 0.4) is 0 Å². The Hall–Kier alpha value is -4.76. The second-order valence-corrected chi connectivity index (χ2v) is 24.9. The highest BCUT2D eigenvalue weighted by molar-refractivity contribution is 7.00. The van der Waals surface area contributed by atoms with Gasteiger partial charge < -0.3 is 13.3 Å². The number of nitrogens with zero attached hydrogens (tertiary/aromatic N) is 1. The molecular formula is C47H51NO3Si2. The SMILES string of the molecule is CC(C)(C)[Si](Oc1cccc(C[C@]2(O[Si](C)(C)C)CCCC=C2c2nc(-c3ccccc3)c(-c3ccccc3)o2)c1)(c1ccccc1)c1ccccc1. The fourth-order valence-electron chi connectivity index (χ4n) is 8.04. The van der Waals surface area contributed by atoms with Gasteiger partial charge in [0.2, 0.25) is 5.89 Å². The average Bonchev–Trinajstić information content (AvgIpc) is 3.60. The maximum Gasteiger partial charge on any atom is 0.319 e. The summed E-state index contributed by atoms with van der Waals surface area (Å²) in [5.41, 5.74) is 4.49. The van der Waals surface area contributed by atoms with Crippen molar-refractivity contribution in [3.63, 3.8) is 0 Å². The first-order valence-corrected chi connectivity index (χ1v) is 24.2. The zero-order valence-electron chi connectivity index (χ0n) is 31.9. The molecule has 0 spiro atoms. The Labute approximate surface area is 317 Å². The number of rotatable bonds is 11. The van der Waals surface area contributed by atoms with Gasteiger partial charge >= 0.3 is 8.32 Å². The first-order chi connectivity index (χ1) is 25.5. The van der Waals surface area contributed by atoms with E-state index in [1.165, 1.54) is 15.9 Å². The molecule has 1 atom stereocenters. The van der Waals surface area contributed by atoms with Gasteiger partial charge in [-0.2, -0.15) is 0 Å². The molecule has 0 amide bonds. The highest BCUT2D eigenvalue weighted by Gasteiger charge is 2.52. The molecule has 1 aliphatic rings. The van der Waals surface area contributed by atoms with Crippen LogP contribution in [0.25, 0.3) is 28.2 Å². The lowest BCUT2D eigenvalue weighted by atomic mass is 9.78. The Balaban J connectivity index is 1.32. The van der Waals surface area contributed by atoms with Crippen LogP contribution in [0.15, 0.2) is 156 Å². The topological polar surface area (TPSA) is 44.5 Å². The van der Waals surface area contributed by atoms with Gasteiger partial charge in [0.1, 0.15) is 11.4 Å². The molecule has 0 aliphatic heterocycles. The van der Waals surface area contributed by atoms with Gasteiger partial charge in [-0.05, 0) is 72.0 Å². The lowest BCUT2D eigenvalue weighted by Gasteiger charge is -2.43. The molecule has 0 N–H and O–H groups in total. The van der Waals surface area contributed by atoms with Crippen molar-refractivity contribution in [2.75, 3.05) is 0 Å². The normalized spacial score (nSPS) is 16.6. The van der Waals surface area contributed by atoms with E-state index in [1.807, 2.05) is 24.3 Å². The largest absolute Gasteiger partial charge is 0.534 e. The Kier molecular flexibility index (Phi) is 10.3. The molecule has 0 bridgehead atoms. The second kappa shape index (κ2) is 14.9. The minimum Gasteiger partial charge on any atom is -0.534 e. The predicted octanol–water partition coefficient (Wildman–Crippen LogP) is 11.3. The standard InChI is InChI=1S/C47H51NO3Si2/c1-46(2,3)53(40-28-15-9-16-29-40,41-30-17-10-18-31-41)50-39-27-21-22-36(34-39)35-47(51-52(4,5)6)33-20-19-32-42(47)45-48-43(37-23-11-7-12-24-37)44(49-45)38-25-13-8-14-26-38/h7-18,21-32,34H,19-20,33,35H2,1-6H3/t47-/m1/s1. The van der Waals surface area contributed by atoms with E-state index in [-0.39, 0.29) is 5.04 Å². The summed E-state index contributed by atoms with van der Waals surface area (Å²) in [6.07, 6.45) is 5.87. The summed E-state index contributed by atoms with van der Waals surface area (Å²) in [4.78, 5) is 5.29. The van der Waals surface area contributed by atoms with Crippen LogP contribution in [-0.4, -0.2) is 27.2 Å². The van der Waals surface area contributed by atoms with Crippen molar-refractivity contribution in [2.45, 2.75) is 76.7 Å². The van der Waals surface area contributed by atoms with Gasteiger partial charge in [-0.25, -0.2) is 4.98 Å². The second-order valence-electron chi connectivity index (χ2n) is 16.2. The minimum absolute atomic E-state index is 0.148. The summed E-state index contributed by atoms with van der Waals surface area (Å²) in [6, 6.07) is 51.1. The molecule has 5 aromatic carbocycles. The molecule has 0 radical (unpaired) electrons. The number of aromatic nitrogens is 1. The molecule has 4 nitrogen and oxygen atoms in total. The van der Waals surface area contributed by atoms with Gasteiger partial charge in [0, 0.05) is 23.1 Å². The third-order valence-corrected chi connectivity index (χ3v) is 16.1. The van der Waals surface area contributed by atoms with Crippen molar-refractivity contribution in [2.24, 2.45) is 0 Å². The maximum atomic E-state index is 7.49. The van der Waals surface area contributed by atoms with Crippen molar-refractivity contribution in [3.8, 4) is 28.3 Å². The van der Waals surface area contributed by atoms with Crippen LogP contribution in [0.2, 0.25) is 24.7 Å². The molecule has 7 rings (SSSR count). The van der Waals surface area contributed by atoms with E-state index in [0.717, 1.165) is 53.2 Å². The van der Waals surface area contributed by atoms with Crippen LogP contribution in [0.1, 0.15) is 51.5 Å². The number of hydrogen-bond donors (Lipinski definition) is 0. The third-order valence-electron chi connectivity index (χ3n) is 10.1. The smallest absolute Gasteiger partial charge is 0.319 e. The zero-order valence-corrected chi connectivity index (χ0v) is 33.9. The fourth-order valence-corrected chi connectivity index (χ4v) is 13.9. The lowest BCUT2D eigenvalue weighted by Crippen LogP contribution is -2.68. The Morgan fingerprint density at radius 3 is 1.83 bits per heavy atom. The van der Waals surface area contributed by atoms with Crippen LogP contribution >= 0.6 is 0 Å². The number of hydrogen-bond acceptors (Lipinski definition) is 4. The summed E-state index contributed by atoms with van der Waals surface area (Å²) in [7, 11) is -4.90. The van der Waals surface area contributed by atoms with Crippen molar-refractivity contribution < 1.29 is 13.3 Å². The highest BCUT2D eigenvalue weighted by atomic mass is 28.4. The van der Waals surface area contributed by atoms with E-state index in [2.05, 4.69) is 168 Å². The Morgan fingerprint density at radius 2 is 1.26 bits per heavy atom. The van der Waals surface area contributed by atoms with E-state index in [9.17, 15) is 0 Å². The van der Waals surface area contributed by atoms with Crippen LogP contribution in [-0.2, 0) is 10.8 Å². The maximum absolute atomic E-state index is 7.49. The summed E-state index contributed by atoms with van der Waals surface area (Å²) < 4.78 is 21.7. The van der Waals surface area contributed by atoms with Gasteiger partial charge in [0.05, 0.1) is 5.60 Å². The Morgan fingerprint density at radius 1 is 0.698 bits per heavy atom. The average molecular weight is 734 g/mol. The zero-order chi connectivity index (χ0) is 37.1. The van der Waals surface area contributed by atoms with E-state index in [4.69, 9.17) is 18.3 Å². The molecular weight excluding hydrogens is 683 g/mol. The van der Waals surface area contributed by atoms with Gasteiger partial charge in [0.15, 0.2) is 14.1 Å². The molecule has 6 aromatic rings. The van der Waals surface area contributed by atoms with E-state index < -0.39 is 22.2 Å². The predicted molar refractivity (Wildman–Crippen MR) is 225 cm³/mol. The van der Waals surface area contributed by atoms with Gasteiger partial charge in [-0.1, -0.05) is 160 Å². The monoisotopic (exact) mass is 733 g/mol. The van der Waals surface area contributed by atoms with E-state index in [1.54, 1.807) is 0 Å². The minimum atomic E-state index is -2.82. The molecule has 1 aliphatic carbocycles. The fraction of sp³-hybridized carbons (Fsp3) is 0.255. The molecule has 53 heavy (non-hydrogen) atoms. The molecule has 6 heteroatoms. The third kappa shape index (κ3) is 7.68. The van der Waals surface area contributed by atoms with E-state index >= 15 is 0 Å². The molecule has 1 heterocycles. The van der Waals surface area contributed by atoms with Crippen LogP contribution in [0.4, 0.5) is 0 Å². The van der Waals surface area contributed by atoms with Crippen LogP contribution < -0.4 is 14.8 Å². The van der Waals surface area contributed by atoms with E-state index in [0.29, 0.717) is 12.3 Å². The summed E-state index contributed by atoms with van der Waals surface area (Å²) in [5, 5.41) is 2.37. The highest BCUT2D eigenvalue weighted by Crippen LogP contribution is 2.46. The van der Waals surface area contributed by atoms with Gasteiger partial charge in [-0.15, -0.1) is 0 Å². The van der Waals surface area contributed by atoms with Crippen molar-refractivity contribution in [1.82, 2.24) is 4.98 Å². The van der Waals surface area contributed by atoms with Crippen molar-refractivity contribution in [3.05, 3.63) is 163 Å². The summed E-state index contributed by atoms with van der Waals surface area (Å²) >= 11 is 0. The lowest BCUT2D eigenvalue weighted by molar-refractivity contribution is 0.103. The first-order valence-electron chi connectivity index (χ1n) is 18.9. The first kappa shape index (κ1) is 36.6. The number of allylic oxidation sites excluding steroid dienone is 1. The summed E-state index contributed by atoms with van der Waals surface area (Å²) in [5.74, 6) is 2.30. The summed E-state index contributed by atoms with van der Waals surface area (Å²) in [6.45, 7) is 13.8. The van der Waals surface area contributed by atoms with Gasteiger partial charge in [-0.3, -0.25) is 0 Å². The quantitative estimate of drug-likeness (QED) is 0.124. The Bertz CT molecular complexity index is 2050. The van der Waals surface area contributed by atoms with Crippen LogP contribution in [0.5, 0.6) is 5.75 Å². The van der Waals surface area contributed by atoms with Crippen molar-refractivity contribution in [1.29, 1.82) is 0 Å². The van der Waals surface area contributed by atoms with Crippen LogP contribution in [0, 0.1) is 0 Å². The molecule has 270 valence electrons. The molecule has 0 saturated carbocycles.